The Morgan fingerprint density at radius 2 is 1.79 bits per heavy atom. The summed E-state index contributed by atoms with van der Waals surface area (Å²) in [6, 6.07) is 1.79. The molecular weight excluding hydrogens is 330 g/mol. The standard InChI is InChI=1S/C8H5Br2N3S/c1-4-11-5(3-14-4)8-12-6(9)2-7(10)13-8/h2-3H,1H3. The van der Waals surface area contributed by atoms with E-state index in [9.17, 15) is 0 Å². The van der Waals surface area contributed by atoms with E-state index >= 15 is 0 Å². The molecular formula is C8H5Br2N3S. The molecule has 3 nitrogen and oxygen atoms in total. The second kappa shape index (κ2) is 4.04. The number of nitrogens with zero attached hydrogens (tertiary/aromatic N) is 3. The van der Waals surface area contributed by atoms with Crippen molar-refractivity contribution < 1.29 is 0 Å². The average Bonchev–Trinajstić information content (AvgIpc) is 2.50. The van der Waals surface area contributed by atoms with Gasteiger partial charge in [-0.3, -0.25) is 0 Å². The van der Waals surface area contributed by atoms with Gasteiger partial charge in [0.2, 0.25) is 0 Å². The highest BCUT2D eigenvalue weighted by Gasteiger charge is 2.07. The van der Waals surface area contributed by atoms with Gasteiger partial charge in [-0.2, -0.15) is 0 Å². The molecule has 0 spiro atoms. The summed E-state index contributed by atoms with van der Waals surface area (Å²) in [4.78, 5) is 12.8. The topological polar surface area (TPSA) is 38.7 Å². The van der Waals surface area contributed by atoms with Gasteiger partial charge in [0.15, 0.2) is 5.82 Å². The molecule has 2 rings (SSSR count). The van der Waals surface area contributed by atoms with Crippen molar-refractivity contribution in [3.8, 4) is 11.5 Å². The lowest BCUT2D eigenvalue weighted by Gasteiger charge is -1.97. The van der Waals surface area contributed by atoms with E-state index in [2.05, 4.69) is 46.8 Å². The van der Waals surface area contributed by atoms with Gasteiger partial charge >= 0.3 is 0 Å². The second-order valence-corrected chi connectivity index (χ2v) is 5.28. The van der Waals surface area contributed by atoms with Crippen LogP contribution in [0.25, 0.3) is 11.5 Å². The van der Waals surface area contributed by atoms with Crippen LogP contribution in [0.5, 0.6) is 0 Å². The fourth-order valence-corrected chi connectivity index (χ4v) is 2.64. The molecule has 14 heavy (non-hydrogen) atoms. The Bertz CT molecular complexity index is 449. The van der Waals surface area contributed by atoms with Crippen molar-refractivity contribution in [2.45, 2.75) is 6.92 Å². The van der Waals surface area contributed by atoms with Crippen LogP contribution in [-0.2, 0) is 0 Å². The fourth-order valence-electron chi connectivity index (χ4n) is 0.971. The molecule has 0 radical (unpaired) electrons. The average molecular weight is 335 g/mol. The first-order chi connectivity index (χ1) is 6.65. The number of hydrogen-bond donors (Lipinski definition) is 0. The van der Waals surface area contributed by atoms with Crippen LogP contribution in [0.2, 0.25) is 0 Å². The molecule has 0 aliphatic carbocycles. The number of halogens is 2. The predicted molar refractivity (Wildman–Crippen MR) is 63.3 cm³/mol. The first kappa shape index (κ1) is 10.2. The SMILES string of the molecule is Cc1nc(-c2nc(Br)cc(Br)n2)cs1. The van der Waals surface area contributed by atoms with Gasteiger partial charge < -0.3 is 0 Å². The lowest BCUT2D eigenvalue weighted by molar-refractivity contribution is 1.10. The Kier molecular flexibility index (Phi) is 2.94. The van der Waals surface area contributed by atoms with Gasteiger partial charge in [-0.1, -0.05) is 0 Å². The molecule has 0 bridgehead atoms. The molecule has 2 aromatic rings. The number of aryl methyl sites for hydroxylation is 1. The molecule has 72 valence electrons. The van der Waals surface area contributed by atoms with Crippen LogP contribution in [0.1, 0.15) is 5.01 Å². The molecule has 0 saturated carbocycles. The van der Waals surface area contributed by atoms with Crippen LogP contribution in [0, 0.1) is 6.92 Å². The Hall–Kier alpha value is -0.330. The van der Waals surface area contributed by atoms with E-state index in [1.807, 2.05) is 12.3 Å². The highest BCUT2D eigenvalue weighted by molar-refractivity contribution is 9.11. The van der Waals surface area contributed by atoms with Gasteiger partial charge in [0.1, 0.15) is 14.9 Å². The molecule has 0 atom stereocenters. The first-order valence-corrected chi connectivity index (χ1v) is 6.24. The molecule has 0 aliphatic heterocycles. The molecule has 0 saturated heterocycles. The van der Waals surface area contributed by atoms with Gasteiger partial charge in [0.05, 0.1) is 5.01 Å². The minimum Gasteiger partial charge on any atom is -0.238 e. The van der Waals surface area contributed by atoms with Crippen molar-refractivity contribution in [3.63, 3.8) is 0 Å². The molecule has 0 N–H and O–H groups in total. The Labute approximate surface area is 102 Å². The predicted octanol–water partition coefficient (Wildman–Crippen LogP) is 3.43. The third kappa shape index (κ3) is 2.18. The van der Waals surface area contributed by atoms with Crippen LogP contribution in [0.3, 0.4) is 0 Å². The largest absolute Gasteiger partial charge is 0.238 e. The van der Waals surface area contributed by atoms with Gasteiger partial charge in [0.25, 0.3) is 0 Å². The van der Waals surface area contributed by atoms with Gasteiger partial charge in [-0.25, -0.2) is 15.0 Å². The van der Waals surface area contributed by atoms with E-state index in [1.165, 1.54) is 0 Å². The van der Waals surface area contributed by atoms with Gasteiger partial charge in [-0.05, 0) is 38.8 Å². The molecule has 2 heterocycles. The maximum Gasteiger partial charge on any atom is 0.181 e. The van der Waals surface area contributed by atoms with Crippen molar-refractivity contribution >= 4 is 43.2 Å². The van der Waals surface area contributed by atoms with E-state index in [0.29, 0.717) is 5.82 Å². The summed E-state index contributed by atoms with van der Waals surface area (Å²) in [5, 5.41) is 2.96. The number of thiazole rings is 1. The van der Waals surface area contributed by atoms with E-state index in [0.717, 1.165) is 19.9 Å². The second-order valence-electron chi connectivity index (χ2n) is 2.59. The minimum atomic E-state index is 0.635. The summed E-state index contributed by atoms with van der Waals surface area (Å²) in [6.45, 7) is 1.96. The molecule has 0 amide bonds. The molecule has 0 aliphatic rings. The third-order valence-electron chi connectivity index (χ3n) is 1.51. The van der Waals surface area contributed by atoms with Crippen LogP contribution in [0.15, 0.2) is 20.7 Å². The molecule has 2 aromatic heterocycles. The summed E-state index contributed by atoms with van der Waals surface area (Å²) in [7, 11) is 0. The summed E-state index contributed by atoms with van der Waals surface area (Å²) < 4.78 is 1.50. The summed E-state index contributed by atoms with van der Waals surface area (Å²) in [6.07, 6.45) is 0. The van der Waals surface area contributed by atoms with Crippen LogP contribution >= 0.6 is 43.2 Å². The number of rotatable bonds is 1. The highest BCUT2D eigenvalue weighted by atomic mass is 79.9. The Balaban J connectivity index is 2.51. The monoisotopic (exact) mass is 333 g/mol. The van der Waals surface area contributed by atoms with Crippen molar-refractivity contribution in [3.05, 3.63) is 25.7 Å². The van der Waals surface area contributed by atoms with Crippen molar-refractivity contribution in [2.75, 3.05) is 0 Å². The van der Waals surface area contributed by atoms with Gasteiger partial charge in [-0.15, -0.1) is 11.3 Å². The normalized spacial score (nSPS) is 10.5. The minimum absolute atomic E-state index is 0.635. The maximum atomic E-state index is 4.31. The van der Waals surface area contributed by atoms with E-state index in [1.54, 1.807) is 17.4 Å². The summed E-state index contributed by atoms with van der Waals surface area (Å²) in [5.41, 5.74) is 0.814. The summed E-state index contributed by atoms with van der Waals surface area (Å²) in [5.74, 6) is 0.635. The number of aromatic nitrogens is 3. The van der Waals surface area contributed by atoms with Crippen molar-refractivity contribution in [2.24, 2.45) is 0 Å². The zero-order valence-corrected chi connectivity index (χ0v) is 11.1. The first-order valence-electron chi connectivity index (χ1n) is 3.78. The smallest absolute Gasteiger partial charge is 0.181 e. The van der Waals surface area contributed by atoms with E-state index in [4.69, 9.17) is 0 Å². The van der Waals surface area contributed by atoms with Gasteiger partial charge in [0, 0.05) is 11.4 Å². The van der Waals surface area contributed by atoms with Crippen molar-refractivity contribution in [1.82, 2.24) is 15.0 Å². The lowest BCUT2D eigenvalue weighted by Crippen LogP contribution is -1.90. The zero-order valence-electron chi connectivity index (χ0n) is 7.16. The maximum absolute atomic E-state index is 4.31. The van der Waals surface area contributed by atoms with E-state index < -0.39 is 0 Å². The molecule has 6 heteroatoms. The fraction of sp³-hybridized carbons (Fsp3) is 0.125. The molecule has 0 unspecified atom stereocenters. The number of hydrogen-bond acceptors (Lipinski definition) is 4. The van der Waals surface area contributed by atoms with Crippen LogP contribution in [-0.4, -0.2) is 15.0 Å². The van der Waals surface area contributed by atoms with E-state index in [-0.39, 0.29) is 0 Å². The van der Waals surface area contributed by atoms with Crippen LogP contribution in [0.4, 0.5) is 0 Å². The summed E-state index contributed by atoms with van der Waals surface area (Å²) >= 11 is 8.21. The quantitative estimate of drug-likeness (QED) is 0.750. The molecule has 0 fully saturated rings. The lowest BCUT2D eigenvalue weighted by atomic mass is 10.4. The third-order valence-corrected chi connectivity index (χ3v) is 3.10. The molecule has 0 aromatic carbocycles. The Morgan fingerprint density at radius 3 is 2.29 bits per heavy atom. The van der Waals surface area contributed by atoms with Crippen LogP contribution < -0.4 is 0 Å². The zero-order chi connectivity index (χ0) is 10.1. The highest BCUT2D eigenvalue weighted by Crippen LogP contribution is 2.22. The van der Waals surface area contributed by atoms with Crippen molar-refractivity contribution in [1.29, 1.82) is 0 Å². The Morgan fingerprint density at radius 1 is 1.14 bits per heavy atom.